The molecule has 0 bridgehead atoms. The van der Waals surface area contributed by atoms with Crippen molar-refractivity contribution in [1.82, 2.24) is 0 Å². The summed E-state index contributed by atoms with van der Waals surface area (Å²) in [5.74, 6) is 1.18. The van der Waals surface area contributed by atoms with Crippen LogP contribution in [0.3, 0.4) is 0 Å². The standard InChI is InChI=1S/C19H21NO3/c1-19(2)12-20(17-8-6-5-7-16(17)19)18(21)13-9-14(22-3)11-15(10-13)23-4/h5-11H,12H2,1-4H3. The highest BCUT2D eigenvalue weighted by Crippen LogP contribution is 2.41. The highest BCUT2D eigenvalue weighted by molar-refractivity contribution is 6.08. The number of anilines is 1. The fourth-order valence-corrected chi connectivity index (χ4v) is 3.11. The summed E-state index contributed by atoms with van der Waals surface area (Å²) in [6, 6.07) is 13.3. The van der Waals surface area contributed by atoms with Crippen LogP contribution in [-0.2, 0) is 5.41 Å². The SMILES string of the molecule is COc1cc(OC)cc(C(=O)N2CC(C)(C)c3ccccc32)c1. The summed E-state index contributed by atoms with van der Waals surface area (Å²) < 4.78 is 10.5. The minimum atomic E-state index is -0.0603. The molecule has 2 aromatic carbocycles. The van der Waals surface area contributed by atoms with E-state index in [1.54, 1.807) is 32.4 Å². The first kappa shape index (κ1) is 15.4. The molecule has 0 fully saturated rings. The molecule has 4 heteroatoms. The molecule has 0 saturated carbocycles. The van der Waals surface area contributed by atoms with E-state index in [-0.39, 0.29) is 11.3 Å². The lowest BCUT2D eigenvalue weighted by Crippen LogP contribution is -2.33. The Morgan fingerprint density at radius 2 is 1.65 bits per heavy atom. The molecule has 0 radical (unpaired) electrons. The van der Waals surface area contributed by atoms with Gasteiger partial charge in [-0.2, -0.15) is 0 Å². The highest BCUT2D eigenvalue weighted by atomic mass is 16.5. The number of hydrogen-bond acceptors (Lipinski definition) is 3. The third-order valence-electron chi connectivity index (χ3n) is 4.32. The van der Waals surface area contributed by atoms with Crippen LogP contribution in [0.15, 0.2) is 42.5 Å². The summed E-state index contributed by atoms with van der Waals surface area (Å²) in [4.78, 5) is 14.9. The van der Waals surface area contributed by atoms with Crippen LogP contribution in [0.5, 0.6) is 11.5 Å². The first-order valence-electron chi connectivity index (χ1n) is 7.61. The normalized spacial score (nSPS) is 15.2. The molecule has 3 rings (SSSR count). The summed E-state index contributed by atoms with van der Waals surface area (Å²) in [5, 5.41) is 0. The molecule has 120 valence electrons. The summed E-state index contributed by atoms with van der Waals surface area (Å²) in [5.41, 5.74) is 2.68. The van der Waals surface area contributed by atoms with E-state index in [0.717, 1.165) is 5.69 Å². The predicted molar refractivity (Wildman–Crippen MR) is 90.7 cm³/mol. The van der Waals surface area contributed by atoms with Crippen LogP contribution in [-0.4, -0.2) is 26.7 Å². The van der Waals surface area contributed by atoms with E-state index in [0.29, 0.717) is 23.6 Å². The van der Waals surface area contributed by atoms with Gasteiger partial charge in [-0.05, 0) is 23.8 Å². The van der Waals surface area contributed by atoms with Gasteiger partial charge in [0.1, 0.15) is 11.5 Å². The second kappa shape index (κ2) is 5.61. The molecule has 0 aliphatic carbocycles. The van der Waals surface area contributed by atoms with Gasteiger partial charge in [-0.25, -0.2) is 0 Å². The van der Waals surface area contributed by atoms with E-state index in [1.807, 2.05) is 23.1 Å². The summed E-state index contributed by atoms with van der Waals surface area (Å²) in [6.07, 6.45) is 0. The summed E-state index contributed by atoms with van der Waals surface area (Å²) in [7, 11) is 3.16. The molecule has 1 amide bonds. The number of benzene rings is 2. The van der Waals surface area contributed by atoms with E-state index in [9.17, 15) is 4.79 Å². The molecular formula is C19H21NO3. The Morgan fingerprint density at radius 3 is 2.26 bits per heavy atom. The Balaban J connectivity index is 2.02. The van der Waals surface area contributed by atoms with Crippen LogP contribution in [0.25, 0.3) is 0 Å². The first-order chi connectivity index (χ1) is 11.0. The smallest absolute Gasteiger partial charge is 0.258 e. The van der Waals surface area contributed by atoms with Crippen LogP contribution >= 0.6 is 0 Å². The fraction of sp³-hybridized carbons (Fsp3) is 0.316. The van der Waals surface area contributed by atoms with Gasteiger partial charge >= 0.3 is 0 Å². The van der Waals surface area contributed by atoms with Gasteiger partial charge in [0, 0.05) is 29.3 Å². The molecule has 0 atom stereocenters. The Labute approximate surface area is 136 Å². The lowest BCUT2D eigenvalue weighted by molar-refractivity contribution is 0.0985. The van der Waals surface area contributed by atoms with Crippen LogP contribution in [0.2, 0.25) is 0 Å². The van der Waals surface area contributed by atoms with E-state index < -0.39 is 0 Å². The van der Waals surface area contributed by atoms with Crippen LogP contribution < -0.4 is 14.4 Å². The number of ether oxygens (including phenoxy) is 2. The van der Waals surface area contributed by atoms with Gasteiger partial charge in [0.25, 0.3) is 5.91 Å². The van der Waals surface area contributed by atoms with Crippen molar-refractivity contribution in [3.05, 3.63) is 53.6 Å². The number of hydrogen-bond donors (Lipinski definition) is 0. The molecule has 23 heavy (non-hydrogen) atoms. The van der Waals surface area contributed by atoms with E-state index in [4.69, 9.17) is 9.47 Å². The molecule has 1 aliphatic rings. The Hall–Kier alpha value is -2.49. The van der Waals surface area contributed by atoms with Crippen LogP contribution in [0.1, 0.15) is 29.8 Å². The van der Waals surface area contributed by atoms with Gasteiger partial charge in [-0.15, -0.1) is 0 Å². The zero-order chi connectivity index (χ0) is 16.6. The lowest BCUT2D eigenvalue weighted by atomic mass is 9.87. The van der Waals surface area contributed by atoms with Crippen molar-refractivity contribution in [3.63, 3.8) is 0 Å². The maximum Gasteiger partial charge on any atom is 0.258 e. The van der Waals surface area contributed by atoms with Crippen LogP contribution in [0.4, 0.5) is 5.69 Å². The molecule has 0 N–H and O–H groups in total. The molecule has 0 saturated heterocycles. The first-order valence-corrected chi connectivity index (χ1v) is 7.61. The second-order valence-electron chi connectivity index (χ2n) is 6.39. The summed E-state index contributed by atoms with van der Waals surface area (Å²) >= 11 is 0. The minimum Gasteiger partial charge on any atom is -0.497 e. The number of amides is 1. The van der Waals surface area contributed by atoms with Crippen molar-refractivity contribution >= 4 is 11.6 Å². The number of carbonyl (C=O) groups is 1. The molecule has 0 aromatic heterocycles. The number of rotatable bonds is 3. The number of nitrogens with zero attached hydrogens (tertiary/aromatic N) is 1. The van der Waals surface area contributed by atoms with Crippen molar-refractivity contribution in [2.75, 3.05) is 25.7 Å². The molecular weight excluding hydrogens is 290 g/mol. The average molecular weight is 311 g/mol. The third-order valence-corrected chi connectivity index (χ3v) is 4.32. The molecule has 1 heterocycles. The lowest BCUT2D eigenvalue weighted by Gasteiger charge is -2.21. The maximum atomic E-state index is 13.0. The quantitative estimate of drug-likeness (QED) is 0.868. The topological polar surface area (TPSA) is 38.8 Å². The number of fused-ring (bicyclic) bond motifs is 1. The Bertz CT molecular complexity index is 730. The van der Waals surface area contributed by atoms with Gasteiger partial charge in [-0.1, -0.05) is 32.0 Å². The third kappa shape index (κ3) is 2.65. The molecule has 0 unspecified atom stereocenters. The highest BCUT2D eigenvalue weighted by Gasteiger charge is 2.38. The summed E-state index contributed by atoms with van der Waals surface area (Å²) in [6.45, 7) is 4.97. The molecule has 1 aliphatic heterocycles. The minimum absolute atomic E-state index is 0.0415. The van der Waals surface area contributed by atoms with E-state index in [2.05, 4.69) is 19.9 Å². The van der Waals surface area contributed by atoms with Crippen molar-refractivity contribution < 1.29 is 14.3 Å². The Kier molecular flexibility index (Phi) is 3.76. The van der Waals surface area contributed by atoms with E-state index >= 15 is 0 Å². The molecule has 4 nitrogen and oxygen atoms in total. The zero-order valence-electron chi connectivity index (χ0n) is 13.9. The van der Waals surface area contributed by atoms with Crippen molar-refractivity contribution in [2.24, 2.45) is 0 Å². The fourth-order valence-electron chi connectivity index (χ4n) is 3.11. The number of carbonyl (C=O) groups excluding carboxylic acids is 1. The van der Waals surface area contributed by atoms with Crippen molar-refractivity contribution in [2.45, 2.75) is 19.3 Å². The zero-order valence-corrected chi connectivity index (χ0v) is 13.9. The predicted octanol–water partition coefficient (Wildman–Crippen LogP) is 3.64. The monoisotopic (exact) mass is 311 g/mol. The number of para-hydroxylation sites is 1. The van der Waals surface area contributed by atoms with E-state index in [1.165, 1.54) is 5.56 Å². The average Bonchev–Trinajstić information content (AvgIpc) is 2.85. The van der Waals surface area contributed by atoms with Gasteiger partial charge in [0.05, 0.1) is 14.2 Å². The van der Waals surface area contributed by atoms with Crippen LogP contribution in [0, 0.1) is 0 Å². The molecule has 0 spiro atoms. The van der Waals surface area contributed by atoms with Gasteiger partial charge in [0.15, 0.2) is 0 Å². The second-order valence-corrected chi connectivity index (χ2v) is 6.39. The van der Waals surface area contributed by atoms with Gasteiger partial charge in [0.2, 0.25) is 0 Å². The van der Waals surface area contributed by atoms with Gasteiger partial charge in [-0.3, -0.25) is 4.79 Å². The van der Waals surface area contributed by atoms with Crippen molar-refractivity contribution in [1.29, 1.82) is 0 Å². The number of methoxy groups -OCH3 is 2. The largest absolute Gasteiger partial charge is 0.497 e. The van der Waals surface area contributed by atoms with Crippen molar-refractivity contribution in [3.8, 4) is 11.5 Å². The molecule has 2 aromatic rings. The van der Waals surface area contributed by atoms with Gasteiger partial charge < -0.3 is 14.4 Å². The maximum absolute atomic E-state index is 13.0. The Morgan fingerprint density at radius 1 is 1.04 bits per heavy atom.